The molecule has 26 heavy (non-hydrogen) atoms. The number of allylic oxidation sites excluding steroid dienone is 1. The van der Waals surface area contributed by atoms with Crippen LogP contribution < -0.4 is 9.47 Å². The third-order valence-corrected chi connectivity index (χ3v) is 4.27. The highest BCUT2D eigenvalue weighted by molar-refractivity contribution is 6.30. The summed E-state index contributed by atoms with van der Waals surface area (Å²) in [5.74, 6) is 1.30. The topological polar surface area (TPSA) is 35.5 Å². The molecule has 3 aromatic rings. The van der Waals surface area contributed by atoms with Crippen molar-refractivity contribution in [3.05, 3.63) is 100 Å². The molecule has 0 aliphatic carbocycles. The quantitative estimate of drug-likeness (QED) is 0.572. The molecule has 0 aromatic heterocycles. The third kappa shape index (κ3) is 3.48. The average Bonchev–Trinajstić information content (AvgIpc) is 2.96. The van der Waals surface area contributed by atoms with E-state index >= 15 is 0 Å². The minimum absolute atomic E-state index is 0.144. The van der Waals surface area contributed by atoms with E-state index in [4.69, 9.17) is 21.1 Å². The van der Waals surface area contributed by atoms with Gasteiger partial charge < -0.3 is 9.47 Å². The molecule has 0 spiro atoms. The smallest absolute Gasteiger partial charge is 0.231 e. The molecule has 0 saturated carbocycles. The van der Waals surface area contributed by atoms with Crippen LogP contribution >= 0.6 is 11.6 Å². The summed E-state index contributed by atoms with van der Waals surface area (Å²) in [6.45, 7) is 0.457. The van der Waals surface area contributed by atoms with Crippen LogP contribution in [-0.2, 0) is 6.61 Å². The lowest BCUT2D eigenvalue weighted by Crippen LogP contribution is -1.98. The summed E-state index contributed by atoms with van der Waals surface area (Å²) in [6, 6.07) is 22.4. The molecule has 0 saturated heterocycles. The molecule has 0 bridgehead atoms. The molecule has 1 heterocycles. The van der Waals surface area contributed by atoms with Crippen LogP contribution in [0.5, 0.6) is 11.5 Å². The Labute approximate surface area is 156 Å². The highest BCUT2D eigenvalue weighted by Crippen LogP contribution is 2.35. The number of hydrogen-bond acceptors (Lipinski definition) is 3. The number of rotatable bonds is 4. The normalized spacial score (nSPS) is 14.2. The molecular formula is C22H15ClO3. The zero-order valence-electron chi connectivity index (χ0n) is 13.8. The fourth-order valence-electron chi connectivity index (χ4n) is 2.75. The van der Waals surface area contributed by atoms with E-state index in [2.05, 4.69) is 0 Å². The van der Waals surface area contributed by atoms with Crippen molar-refractivity contribution in [1.82, 2.24) is 0 Å². The predicted octanol–water partition coefficient (Wildman–Crippen LogP) is 5.54. The van der Waals surface area contributed by atoms with Gasteiger partial charge in [0.15, 0.2) is 5.76 Å². The molecule has 1 aliphatic rings. The first-order valence-corrected chi connectivity index (χ1v) is 8.57. The van der Waals surface area contributed by atoms with Crippen molar-refractivity contribution in [2.24, 2.45) is 0 Å². The van der Waals surface area contributed by atoms with Gasteiger partial charge in [-0.15, -0.1) is 0 Å². The highest BCUT2D eigenvalue weighted by Gasteiger charge is 2.27. The van der Waals surface area contributed by atoms with Crippen molar-refractivity contribution >= 4 is 23.5 Å². The maximum absolute atomic E-state index is 12.5. The van der Waals surface area contributed by atoms with Gasteiger partial charge in [0.05, 0.1) is 5.56 Å². The number of fused-ring (bicyclic) bond motifs is 1. The zero-order chi connectivity index (χ0) is 17.9. The van der Waals surface area contributed by atoms with Gasteiger partial charge in [-0.05, 0) is 41.5 Å². The van der Waals surface area contributed by atoms with E-state index in [-0.39, 0.29) is 11.5 Å². The van der Waals surface area contributed by atoms with Gasteiger partial charge >= 0.3 is 0 Å². The minimum atomic E-state index is -0.144. The Hall–Kier alpha value is -3.04. The monoisotopic (exact) mass is 362 g/mol. The molecule has 4 heteroatoms. The Bertz CT molecular complexity index is 993. The molecule has 0 N–H and O–H groups in total. The van der Waals surface area contributed by atoms with Gasteiger partial charge in [-0.1, -0.05) is 54.1 Å². The van der Waals surface area contributed by atoms with Crippen molar-refractivity contribution in [3.8, 4) is 11.5 Å². The number of hydrogen-bond donors (Lipinski definition) is 0. The SMILES string of the molecule is O=C1C(=Cc2cccc(Cl)c2)Oc2cc(OCc3ccccc3)ccc21. The van der Waals surface area contributed by atoms with E-state index in [1.165, 1.54) is 0 Å². The lowest BCUT2D eigenvalue weighted by Gasteiger charge is -2.07. The van der Waals surface area contributed by atoms with Gasteiger partial charge in [0, 0.05) is 11.1 Å². The number of halogens is 1. The summed E-state index contributed by atoms with van der Waals surface area (Å²) in [6.07, 6.45) is 1.69. The molecule has 0 unspecified atom stereocenters. The molecule has 128 valence electrons. The Morgan fingerprint density at radius 3 is 2.62 bits per heavy atom. The van der Waals surface area contributed by atoms with E-state index in [1.807, 2.05) is 42.5 Å². The van der Waals surface area contributed by atoms with Gasteiger partial charge in [0.25, 0.3) is 0 Å². The van der Waals surface area contributed by atoms with Crippen LogP contribution in [0.15, 0.2) is 78.6 Å². The summed E-state index contributed by atoms with van der Waals surface area (Å²) >= 11 is 5.99. The van der Waals surface area contributed by atoms with E-state index in [0.29, 0.717) is 28.7 Å². The van der Waals surface area contributed by atoms with Crippen LogP contribution in [0.3, 0.4) is 0 Å². The molecule has 0 radical (unpaired) electrons. The number of ketones is 1. The Morgan fingerprint density at radius 1 is 0.962 bits per heavy atom. The molecule has 0 atom stereocenters. The lowest BCUT2D eigenvalue weighted by atomic mass is 10.1. The number of Topliss-reactive ketones (excluding diaryl/α,β-unsaturated/α-hetero) is 1. The second kappa shape index (κ2) is 7.06. The molecule has 0 amide bonds. The van der Waals surface area contributed by atoms with Crippen molar-refractivity contribution in [2.45, 2.75) is 6.61 Å². The number of carbonyl (C=O) groups excluding carboxylic acids is 1. The van der Waals surface area contributed by atoms with E-state index in [9.17, 15) is 4.79 Å². The molecule has 1 aliphatic heterocycles. The van der Waals surface area contributed by atoms with Crippen LogP contribution in [0, 0.1) is 0 Å². The Kier molecular flexibility index (Phi) is 4.46. The molecule has 0 fully saturated rings. The summed E-state index contributed by atoms with van der Waals surface area (Å²) < 4.78 is 11.5. The summed E-state index contributed by atoms with van der Waals surface area (Å²) in [5.41, 5.74) is 2.42. The fourth-order valence-corrected chi connectivity index (χ4v) is 2.94. The van der Waals surface area contributed by atoms with Gasteiger partial charge in [-0.2, -0.15) is 0 Å². The summed E-state index contributed by atoms with van der Waals surface area (Å²) in [5, 5.41) is 0.610. The summed E-state index contributed by atoms with van der Waals surface area (Å²) in [7, 11) is 0. The number of ether oxygens (including phenoxy) is 2. The van der Waals surface area contributed by atoms with Crippen LogP contribution in [0.4, 0.5) is 0 Å². The molecule has 3 nitrogen and oxygen atoms in total. The highest BCUT2D eigenvalue weighted by atomic mass is 35.5. The maximum atomic E-state index is 12.5. The van der Waals surface area contributed by atoms with Crippen LogP contribution in [0.25, 0.3) is 6.08 Å². The first kappa shape index (κ1) is 16.4. The number of benzene rings is 3. The second-order valence-electron chi connectivity index (χ2n) is 5.93. The molecule has 4 rings (SSSR count). The van der Waals surface area contributed by atoms with Gasteiger partial charge in [0.2, 0.25) is 5.78 Å². The second-order valence-corrected chi connectivity index (χ2v) is 6.36. The van der Waals surface area contributed by atoms with Crippen molar-refractivity contribution in [3.63, 3.8) is 0 Å². The van der Waals surface area contributed by atoms with E-state index in [0.717, 1.165) is 11.1 Å². The lowest BCUT2D eigenvalue weighted by molar-refractivity contribution is 0.101. The zero-order valence-corrected chi connectivity index (χ0v) is 14.6. The predicted molar refractivity (Wildman–Crippen MR) is 102 cm³/mol. The molecule has 3 aromatic carbocycles. The van der Waals surface area contributed by atoms with Crippen molar-refractivity contribution < 1.29 is 14.3 Å². The van der Waals surface area contributed by atoms with E-state index in [1.54, 1.807) is 36.4 Å². The van der Waals surface area contributed by atoms with Crippen molar-refractivity contribution in [1.29, 1.82) is 0 Å². The summed E-state index contributed by atoms with van der Waals surface area (Å²) in [4.78, 5) is 12.5. The fraction of sp³-hybridized carbons (Fsp3) is 0.0455. The third-order valence-electron chi connectivity index (χ3n) is 4.04. The van der Waals surface area contributed by atoms with Crippen LogP contribution in [0.1, 0.15) is 21.5 Å². The van der Waals surface area contributed by atoms with Crippen molar-refractivity contribution in [2.75, 3.05) is 0 Å². The largest absolute Gasteiger partial charge is 0.489 e. The van der Waals surface area contributed by atoms with Gasteiger partial charge in [-0.3, -0.25) is 4.79 Å². The maximum Gasteiger partial charge on any atom is 0.231 e. The number of carbonyl (C=O) groups is 1. The van der Waals surface area contributed by atoms with E-state index < -0.39 is 0 Å². The van der Waals surface area contributed by atoms with Crippen LogP contribution in [-0.4, -0.2) is 5.78 Å². The Morgan fingerprint density at radius 2 is 1.81 bits per heavy atom. The Balaban J connectivity index is 1.53. The average molecular weight is 363 g/mol. The first-order valence-electron chi connectivity index (χ1n) is 8.20. The van der Waals surface area contributed by atoms with Gasteiger partial charge in [-0.25, -0.2) is 0 Å². The minimum Gasteiger partial charge on any atom is -0.489 e. The van der Waals surface area contributed by atoms with Gasteiger partial charge in [0.1, 0.15) is 18.1 Å². The standard InChI is InChI=1S/C22H15ClO3/c23-17-8-4-7-16(11-17)12-21-22(24)19-10-9-18(13-20(19)26-21)25-14-15-5-2-1-3-6-15/h1-13H,14H2. The van der Waals surface area contributed by atoms with Crippen LogP contribution in [0.2, 0.25) is 5.02 Å². The first-order chi connectivity index (χ1) is 12.7. The molecular weight excluding hydrogens is 348 g/mol.